The predicted octanol–water partition coefficient (Wildman–Crippen LogP) is 1.06. The zero-order valence-electron chi connectivity index (χ0n) is 15.1. The number of rotatable bonds is 3. The van der Waals surface area contributed by atoms with E-state index in [1.54, 1.807) is 11.4 Å². The second-order valence-electron chi connectivity index (χ2n) is 5.12. The van der Waals surface area contributed by atoms with Gasteiger partial charge in [-0.15, -0.1) is 0 Å². The van der Waals surface area contributed by atoms with Gasteiger partial charge in [-0.25, -0.2) is 10.2 Å². The van der Waals surface area contributed by atoms with E-state index in [2.05, 4.69) is 17.6 Å². The van der Waals surface area contributed by atoms with Crippen molar-refractivity contribution in [2.75, 3.05) is 11.1 Å². The number of alkyl halides is 3. The number of halogens is 3. The number of anilines is 2. The number of fused-ring (bicyclic) bond motifs is 1. The SMILES string of the molecule is N#C[S-].N#Cc1c(Oc2cccc(NC(=O)C(F)(F)F)c2)ccc2nc(N)sc12.[K+]. The number of nitrogen functional groups attached to an aromatic ring is 1. The summed E-state index contributed by atoms with van der Waals surface area (Å²) in [7, 11) is 0. The number of carbonyl (C=O) groups is 1. The van der Waals surface area contributed by atoms with Crippen LogP contribution < -0.4 is 67.2 Å². The van der Waals surface area contributed by atoms with Crippen LogP contribution in [-0.2, 0) is 17.4 Å². The number of hydrogen-bond acceptors (Lipinski definition) is 8. The minimum atomic E-state index is -5.00. The third-order valence-electron chi connectivity index (χ3n) is 3.22. The van der Waals surface area contributed by atoms with Crippen LogP contribution in [0, 0.1) is 22.0 Å². The molecule has 0 unspecified atom stereocenters. The van der Waals surface area contributed by atoms with E-state index < -0.39 is 12.1 Å². The molecule has 3 rings (SSSR count). The van der Waals surface area contributed by atoms with Crippen LogP contribution in [0.15, 0.2) is 36.4 Å². The maximum absolute atomic E-state index is 12.3. The third-order valence-corrected chi connectivity index (χ3v) is 4.14. The van der Waals surface area contributed by atoms with Crippen molar-refractivity contribution in [1.82, 2.24) is 4.98 Å². The molecular weight excluding hydrogens is 466 g/mol. The smallest absolute Gasteiger partial charge is 0.696 e. The number of hydrogen-bond donors (Lipinski definition) is 2. The molecular formula is C17H9F3KN5O2S2. The van der Waals surface area contributed by atoms with Crippen molar-refractivity contribution in [2.45, 2.75) is 6.18 Å². The number of benzene rings is 2. The molecule has 1 aromatic heterocycles. The Kier molecular flexibility index (Phi) is 9.93. The summed E-state index contributed by atoms with van der Waals surface area (Å²) in [6, 6.07) is 10.5. The van der Waals surface area contributed by atoms with Crippen molar-refractivity contribution in [3.63, 3.8) is 0 Å². The van der Waals surface area contributed by atoms with Crippen molar-refractivity contribution in [3.8, 4) is 23.0 Å². The molecule has 7 nitrogen and oxygen atoms in total. The Morgan fingerprint density at radius 2 is 1.93 bits per heavy atom. The first-order chi connectivity index (χ1) is 13.7. The van der Waals surface area contributed by atoms with E-state index in [-0.39, 0.29) is 74.1 Å². The molecule has 0 aliphatic carbocycles. The van der Waals surface area contributed by atoms with Gasteiger partial charge in [-0.3, -0.25) is 4.79 Å². The number of nitriles is 2. The first kappa shape index (κ1) is 26.1. The largest absolute Gasteiger partial charge is 1.00 e. The Bertz CT molecular complexity index is 1140. The van der Waals surface area contributed by atoms with Gasteiger partial charge in [-0.05, 0) is 24.3 Å². The summed E-state index contributed by atoms with van der Waals surface area (Å²) < 4.78 is 43.2. The molecule has 0 aliphatic heterocycles. The zero-order valence-corrected chi connectivity index (χ0v) is 19.9. The minimum absolute atomic E-state index is 0. The van der Waals surface area contributed by atoms with Crippen LogP contribution in [0.3, 0.4) is 0 Å². The van der Waals surface area contributed by atoms with Gasteiger partial charge in [0.1, 0.15) is 23.1 Å². The first-order valence-corrected chi connectivity index (χ1v) is 8.68. The number of ether oxygens (including phenoxy) is 1. The molecule has 2 aromatic carbocycles. The van der Waals surface area contributed by atoms with Crippen LogP contribution in [0.5, 0.6) is 11.5 Å². The first-order valence-electron chi connectivity index (χ1n) is 7.46. The average Bonchev–Trinajstić information content (AvgIpc) is 3.02. The van der Waals surface area contributed by atoms with Crippen LogP contribution in [0.25, 0.3) is 10.2 Å². The van der Waals surface area contributed by atoms with Gasteiger partial charge in [0.25, 0.3) is 0 Å². The molecule has 1 heterocycles. The molecule has 0 aliphatic rings. The van der Waals surface area contributed by atoms with Crippen LogP contribution in [0.4, 0.5) is 24.0 Å². The number of amides is 1. The minimum Gasteiger partial charge on any atom is -0.696 e. The van der Waals surface area contributed by atoms with Crippen LogP contribution in [0.1, 0.15) is 5.56 Å². The molecule has 0 saturated carbocycles. The molecule has 0 spiro atoms. The van der Waals surface area contributed by atoms with E-state index in [0.29, 0.717) is 15.3 Å². The Labute approximate surface area is 220 Å². The van der Waals surface area contributed by atoms with Gasteiger partial charge in [0.2, 0.25) is 0 Å². The quantitative estimate of drug-likeness (QED) is 0.330. The fourth-order valence-electron chi connectivity index (χ4n) is 2.15. The topological polar surface area (TPSA) is 125 Å². The number of nitrogens with one attached hydrogen (secondary N) is 1. The monoisotopic (exact) mass is 475 g/mol. The number of carbonyl (C=O) groups excluding carboxylic acids is 1. The second kappa shape index (κ2) is 11.4. The summed E-state index contributed by atoms with van der Waals surface area (Å²) in [6.07, 6.45) is -5.00. The predicted molar refractivity (Wildman–Crippen MR) is 103 cm³/mol. The van der Waals surface area contributed by atoms with Gasteiger partial charge in [0.15, 0.2) is 5.13 Å². The molecule has 30 heavy (non-hydrogen) atoms. The van der Waals surface area contributed by atoms with Gasteiger partial charge in [-0.2, -0.15) is 18.4 Å². The molecule has 3 N–H and O–H groups in total. The average molecular weight is 476 g/mol. The maximum atomic E-state index is 12.3. The van der Waals surface area contributed by atoms with E-state index in [9.17, 15) is 23.2 Å². The number of nitrogens with zero attached hydrogens (tertiary/aromatic N) is 3. The Morgan fingerprint density at radius 1 is 1.27 bits per heavy atom. The van der Waals surface area contributed by atoms with Crippen molar-refractivity contribution < 1.29 is 74.1 Å². The number of thiocyanates is 1. The van der Waals surface area contributed by atoms with Gasteiger partial charge < -0.3 is 28.4 Å². The Balaban J connectivity index is 0.00000106. The van der Waals surface area contributed by atoms with Gasteiger partial charge >= 0.3 is 63.5 Å². The van der Waals surface area contributed by atoms with Crippen molar-refractivity contribution in [1.29, 1.82) is 10.5 Å². The number of thiazole rings is 1. The van der Waals surface area contributed by atoms with Gasteiger partial charge in [0, 0.05) is 11.8 Å². The van der Waals surface area contributed by atoms with E-state index in [0.717, 1.165) is 11.3 Å². The second-order valence-corrected chi connectivity index (χ2v) is 6.34. The van der Waals surface area contributed by atoms with E-state index in [1.165, 1.54) is 35.7 Å². The Morgan fingerprint density at radius 3 is 2.53 bits per heavy atom. The number of nitrogens with two attached hydrogens (primary N) is 1. The van der Waals surface area contributed by atoms with Crippen LogP contribution in [0.2, 0.25) is 0 Å². The maximum Gasteiger partial charge on any atom is 1.00 e. The molecule has 0 fully saturated rings. The molecule has 0 atom stereocenters. The summed E-state index contributed by atoms with van der Waals surface area (Å²) >= 11 is 4.82. The normalized spacial score (nSPS) is 9.90. The standard InChI is InChI=1S/C16H9F3N4O2S.CHNS.K/c17-16(18,19)14(24)22-8-2-1-3-9(6-8)25-12-5-4-11-13(10(12)7-20)26-15(21)23-11;2-1-3;/h1-6H,(H2,21,23)(H,22,24);3H;/q;;+1/p-1. The van der Waals surface area contributed by atoms with E-state index >= 15 is 0 Å². The van der Waals surface area contributed by atoms with Crippen LogP contribution >= 0.6 is 11.3 Å². The molecule has 0 saturated heterocycles. The third kappa shape index (κ3) is 6.78. The molecule has 0 bridgehead atoms. The summed E-state index contributed by atoms with van der Waals surface area (Å²) in [4.78, 5) is 15.1. The van der Waals surface area contributed by atoms with Crippen molar-refractivity contribution >= 4 is 50.9 Å². The molecule has 0 radical (unpaired) electrons. The van der Waals surface area contributed by atoms with Gasteiger partial charge in [-0.1, -0.05) is 22.8 Å². The van der Waals surface area contributed by atoms with E-state index in [4.69, 9.17) is 15.7 Å². The fraction of sp³-hybridized carbons (Fsp3) is 0.0588. The Hall–Kier alpha value is -1.97. The summed E-state index contributed by atoms with van der Waals surface area (Å²) in [5.74, 6) is -1.74. The van der Waals surface area contributed by atoms with E-state index in [1.807, 2.05) is 6.07 Å². The molecule has 3 aromatic rings. The van der Waals surface area contributed by atoms with Crippen molar-refractivity contribution in [2.24, 2.45) is 0 Å². The summed E-state index contributed by atoms with van der Waals surface area (Å²) in [5, 5.41) is 19.9. The number of aromatic nitrogens is 1. The summed E-state index contributed by atoms with van der Waals surface area (Å²) in [5.41, 5.74) is 6.31. The van der Waals surface area contributed by atoms with Gasteiger partial charge in [0.05, 0.1) is 10.2 Å². The van der Waals surface area contributed by atoms with Crippen molar-refractivity contribution in [3.05, 3.63) is 42.0 Å². The summed E-state index contributed by atoms with van der Waals surface area (Å²) in [6.45, 7) is 0. The molecule has 1 amide bonds. The zero-order chi connectivity index (χ0) is 21.6. The fourth-order valence-corrected chi connectivity index (χ4v) is 2.97. The van der Waals surface area contributed by atoms with Crippen LogP contribution in [-0.4, -0.2) is 17.1 Å². The molecule has 13 heteroatoms. The molecule has 148 valence electrons.